The molecule has 2 N–H and O–H groups in total. The summed E-state index contributed by atoms with van der Waals surface area (Å²) in [6.45, 7) is 0.754. The minimum atomic E-state index is -0.754. The number of aryl methyl sites for hydroxylation is 2. The number of nitrogens with one attached hydrogen (secondary N) is 1. The maximum atomic E-state index is 12.5. The lowest BCUT2D eigenvalue weighted by Gasteiger charge is -2.36. The molecule has 2 aromatic rings. The normalized spacial score (nSPS) is 20.0. The summed E-state index contributed by atoms with van der Waals surface area (Å²) in [6, 6.07) is 12.7. The number of nitrogens with zero attached hydrogens (tertiary/aromatic N) is 2. The third-order valence-electron chi connectivity index (χ3n) is 4.90. The Morgan fingerprint density at radius 3 is 2.62 bits per heavy atom. The van der Waals surface area contributed by atoms with Crippen molar-refractivity contribution in [1.82, 2.24) is 14.8 Å². The number of aliphatic hydroxyl groups is 1. The monoisotopic (exact) mass is 355 g/mol. The lowest BCUT2D eigenvalue weighted by atomic mass is 10.0. The van der Waals surface area contributed by atoms with Crippen LogP contribution in [0.4, 0.5) is 0 Å². The molecular formula is C20H25N3O3. The molecule has 0 spiro atoms. The van der Waals surface area contributed by atoms with Gasteiger partial charge in [-0.15, -0.1) is 0 Å². The summed E-state index contributed by atoms with van der Waals surface area (Å²) >= 11 is 0. The molecule has 1 fully saturated rings. The van der Waals surface area contributed by atoms with Crippen molar-refractivity contribution >= 4 is 11.8 Å². The van der Waals surface area contributed by atoms with Gasteiger partial charge in [-0.05, 0) is 37.1 Å². The van der Waals surface area contributed by atoms with E-state index >= 15 is 0 Å². The SMILES string of the molecule is Cn1cccc1CCC(=O)N[C@@H]1CCN(C(=O)c2ccccc2)C[C@H]1O. The summed E-state index contributed by atoms with van der Waals surface area (Å²) < 4.78 is 2.00. The highest BCUT2D eigenvalue weighted by molar-refractivity contribution is 5.94. The molecule has 26 heavy (non-hydrogen) atoms. The molecule has 1 aliphatic heterocycles. The first-order valence-corrected chi connectivity index (χ1v) is 8.96. The van der Waals surface area contributed by atoms with Crippen LogP contribution in [0.1, 0.15) is 28.9 Å². The van der Waals surface area contributed by atoms with Crippen molar-refractivity contribution in [3.8, 4) is 0 Å². The van der Waals surface area contributed by atoms with Crippen molar-refractivity contribution < 1.29 is 14.7 Å². The zero-order valence-corrected chi connectivity index (χ0v) is 15.0. The highest BCUT2D eigenvalue weighted by Gasteiger charge is 2.31. The summed E-state index contributed by atoms with van der Waals surface area (Å²) in [5.41, 5.74) is 1.72. The highest BCUT2D eigenvalue weighted by Crippen LogP contribution is 2.15. The zero-order chi connectivity index (χ0) is 18.5. The predicted molar refractivity (Wildman–Crippen MR) is 98.6 cm³/mol. The van der Waals surface area contributed by atoms with Crippen molar-refractivity contribution in [2.24, 2.45) is 7.05 Å². The van der Waals surface area contributed by atoms with Gasteiger partial charge in [0.05, 0.1) is 12.1 Å². The molecule has 2 amide bonds. The van der Waals surface area contributed by atoms with Crippen molar-refractivity contribution in [1.29, 1.82) is 0 Å². The molecule has 1 aromatic heterocycles. The first kappa shape index (κ1) is 18.2. The molecule has 0 aliphatic carbocycles. The molecular weight excluding hydrogens is 330 g/mol. The Kier molecular flexibility index (Phi) is 5.73. The molecule has 1 aromatic carbocycles. The highest BCUT2D eigenvalue weighted by atomic mass is 16.3. The number of hydrogen-bond acceptors (Lipinski definition) is 3. The van der Waals surface area contributed by atoms with Crippen molar-refractivity contribution in [3.05, 3.63) is 59.9 Å². The topological polar surface area (TPSA) is 74.6 Å². The number of piperidine rings is 1. The van der Waals surface area contributed by atoms with Crippen molar-refractivity contribution in [3.63, 3.8) is 0 Å². The molecule has 2 heterocycles. The van der Waals surface area contributed by atoms with Gasteiger partial charge in [0.25, 0.3) is 5.91 Å². The van der Waals surface area contributed by atoms with E-state index in [-0.39, 0.29) is 24.4 Å². The fourth-order valence-electron chi connectivity index (χ4n) is 3.32. The number of β-amino-alcohol motifs (C(OH)–C–C–N with tert-alkyl or cyclic N) is 1. The molecule has 2 atom stereocenters. The molecule has 0 unspecified atom stereocenters. The van der Waals surface area contributed by atoms with Gasteiger partial charge in [0, 0.05) is 44.0 Å². The maximum Gasteiger partial charge on any atom is 0.253 e. The number of benzene rings is 1. The second kappa shape index (κ2) is 8.19. The third kappa shape index (κ3) is 4.32. The van der Waals surface area contributed by atoms with Gasteiger partial charge in [-0.25, -0.2) is 0 Å². The minimum absolute atomic E-state index is 0.0712. The number of carbonyl (C=O) groups excluding carboxylic acids is 2. The van der Waals surface area contributed by atoms with E-state index < -0.39 is 6.10 Å². The van der Waals surface area contributed by atoms with Crippen LogP contribution >= 0.6 is 0 Å². The lowest BCUT2D eigenvalue weighted by molar-refractivity contribution is -0.123. The lowest BCUT2D eigenvalue weighted by Crippen LogP contribution is -2.55. The Morgan fingerprint density at radius 1 is 1.19 bits per heavy atom. The van der Waals surface area contributed by atoms with Gasteiger partial charge in [0.2, 0.25) is 5.91 Å². The average Bonchev–Trinajstić information content (AvgIpc) is 3.07. The second-order valence-electron chi connectivity index (χ2n) is 6.76. The van der Waals surface area contributed by atoms with Crippen molar-refractivity contribution in [2.75, 3.05) is 13.1 Å². The summed E-state index contributed by atoms with van der Waals surface area (Å²) in [5, 5.41) is 13.3. The smallest absolute Gasteiger partial charge is 0.253 e. The van der Waals surface area contributed by atoms with E-state index in [9.17, 15) is 14.7 Å². The van der Waals surface area contributed by atoms with E-state index in [1.54, 1.807) is 17.0 Å². The van der Waals surface area contributed by atoms with Gasteiger partial charge in [-0.2, -0.15) is 0 Å². The van der Waals surface area contributed by atoms with Gasteiger partial charge in [-0.3, -0.25) is 9.59 Å². The van der Waals surface area contributed by atoms with E-state index in [1.165, 1.54) is 0 Å². The van der Waals surface area contributed by atoms with E-state index in [2.05, 4.69) is 5.32 Å². The van der Waals surface area contributed by atoms with Gasteiger partial charge < -0.3 is 19.9 Å². The third-order valence-corrected chi connectivity index (χ3v) is 4.90. The van der Waals surface area contributed by atoms with E-state index in [0.717, 1.165) is 5.69 Å². The Balaban J connectivity index is 1.48. The number of carbonyl (C=O) groups is 2. The van der Waals surface area contributed by atoms with Crippen LogP contribution in [0.3, 0.4) is 0 Å². The van der Waals surface area contributed by atoms with Crippen LogP contribution in [0.25, 0.3) is 0 Å². The van der Waals surface area contributed by atoms with Gasteiger partial charge in [-0.1, -0.05) is 18.2 Å². The van der Waals surface area contributed by atoms with Crippen LogP contribution in [0.5, 0.6) is 0 Å². The molecule has 0 saturated carbocycles. The Labute approximate surface area is 153 Å². The van der Waals surface area contributed by atoms with Gasteiger partial charge in [0.15, 0.2) is 0 Å². The largest absolute Gasteiger partial charge is 0.389 e. The number of hydrogen-bond donors (Lipinski definition) is 2. The van der Waals surface area contributed by atoms with Crippen LogP contribution in [0.2, 0.25) is 0 Å². The zero-order valence-electron chi connectivity index (χ0n) is 15.0. The average molecular weight is 355 g/mol. The van der Waals surface area contributed by atoms with E-state index in [1.807, 2.05) is 48.1 Å². The second-order valence-corrected chi connectivity index (χ2v) is 6.76. The van der Waals surface area contributed by atoms with Crippen LogP contribution in [0.15, 0.2) is 48.7 Å². The quantitative estimate of drug-likeness (QED) is 0.850. The van der Waals surface area contributed by atoms with Crippen LogP contribution < -0.4 is 5.32 Å². The maximum absolute atomic E-state index is 12.5. The molecule has 0 radical (unpaired) electrons. The molecule has 0 bridgehead atoms. The number of rotatable bonds is 5. The summed E-state index contributed by atoms with van der Waals surface area (Å²) in [6.07, 6.45) is 2.80. The van der Waals surface area contributed by atoms with Crippen LogP contribution in [-0.4, -0.2) is 51.6 Å². The van der Waals surface area contributed by atoms with E-state index in [0.29, 0.717) is 31.4 Å². The molecule has 6 nitrogen and oxygen atoms in total. The Morgan fingerprint density at radius 2 is 1.96 bits per heavy atom. The molecule has 1 saturated heterocycles. The van der Waals surface area contributed by atoms with Gasteiger partial charge in [0.1, 0.15) is 0 Å². The van der Waals surface area contributed by atoms with E-state index in [4.69, 9.17) is 0 Å². The number of aliphatic hydroxyl groups excluding tert-OH is 1. The predicted octanol–water partition coefficient (Wildman–Crippen LogP) is 1.35. The van der Waals surface area contributed by atoms with Gasteiger partial charge >= 0.3 is 0 Å². The fourth-order valence-corrected chi connectivity index (χ4v) is 3.32. The molecule has 1 aliphatic rings. The summed E-state index contributed by atoms with van der Waals surface area (Å²) in [4.78, 5) is 26.3. The van der Waals surface area contributed by atoms with Crippen LogP contribution in [-0.2, 0) is 18.3 Å². The molecule has 6 heteroatoms. The summed E-state index contributed by atoms with van der Waals surface area (Å²) in [7, 11) is 1.95. The summed E-state index contributed by atoms with van der Waals surface area (Å²) in [5.74, 6) is -0.156. The molecule has 3 rings (SSSR count). The number of amides is 2. The fraction of sp³-hybridized carbons (Fsp3) is 0.400. The van der Waals surface area contributed by atoms with Crippen LogP contribution in [0, 0.1) is 0 Å². The molecule has 138 valence electrons. The number of aromatic nitrogens is 1. The first-order chi connectivity index (χ1) is 12.5. The standard InChI is InChI=1S/C20H25N3O3/c1-22-12-5-8-16(22)9-10-19(25)21-17-11-13-23(14-18(17)24)20(26)15-6-3-2-4-7-15/h2-8,12,17-18,24H,9-11,13-14H2,1H3,(H,21,25)/t17-,18-/m1/s1. The van der Waals surface area contributed by atoms with Crippen molar-refractivity contribution in [2.45, 2.75) is 31.4 Å². The minimum Gasteiger partial charge on any atom is -0.389 e. The first-order valence-electron chi connectivity index (χ1n) is 8.96. The Bertz CT molecular complexity index is 757. The number of likely N-dealkylation sites (tertiary alicyclic amines) is 1. The Hall–Kier alpha value is -2.60.